The molecule has 2 aromatic rings. The molecular weight excluding hydrogens is 252 g/mol. The van der Waals surface area contributed by atoms with E-state index in [1.54, 1.807) is 6.07 Å². The predicted octanol–water partition coefficient (Wildman–Crippen LogP) is 3.00. The highest BCUT2D eigenvalue weighted by atomic mass is 16.2. The minimum atomic E-state index is -0.557. The molecule has 1 aromatic heterocycles. The molecule has 0 unspecified atom stereocenters. The number of benzene rings is 1. The van der Waals surface area contributed by atoms with E-state index in [2.05, 4.69) is 40.5 Å². The lowest BCUT2D eigenvalue weighted by Gasteiger charge is -2.11. The van der Waals surface area contributed by atoms with Crippen molar-refractivity contribution in [3.63, 3.8) is 0 Å². The maximum atomic E-state index is 10.8. The fourth-order valence-corrected chi connectivity index (χ4v) is 2.11. The second-order valence-corrected chi connectivity index (χ2v) is 4.62. The Morgan fingerprint density at radius 3 is 2.80 bits per heavy atom. The van der Waals surface area contributed by atoms with Crippen LogP contribution in [0.4, 0.5) is 16.2 Å². The lowest BCUT2D eigenvalue weighted by Crippen LogP contribution is -2.19. The van der Waals surface area contributed by atoms with Gasteiger partial charge in [0, 0.05) is 29.8 Å². The fourth-order valence-electron chi connectivity index (χ4n) is 2.11. The number of hydrogen-bond donors (Lipinski definition) is 3. The molecule has 0 fully saturated rings. The van der Waals surface area contributed by atoms with Crippen molar-refractivity contribution < 1.29 is 4.79 Å². The van der Waals surface area contributed by atoms with E-state index < -0.39 is 6.03 Å². The van der Waals surface area contributed by atoms with Gasteiger partial charge in [0.25, 0.3) is 0 Å². The zero-order valence-corrected chi connectivity index (χ0v) is 11.6. The molecule has 0 saturated carbocycles. The highest BCUT2D eigenvalue weighted by Crippen LogP contribution is 2.16. The van der Waals surface area contributed by atoms with Gasteiger partial charge in [-0.1, -0.05) is 13.0 Å². The molecular formula is C15H20N4O. The molecule has 4 N–H and O–H groups in total. The average molecular weight is 272 g/mol. The summed E-state index contributed by atoms with van der Waals surface area (Å²) in [4.78, 5) is 10.8. The molecule has 0 bridgehead atoms. The number of carbonyl (C=O) groups is 1. The van der Waals surface area contributed by atoms with Crippen LogP contribution >= 0.6 is 0 Å². The van der Waals surface area contributed by atoms with Crippen LogP contribution in [-0.4, -0.2) is 10.6 Å². The number of hydrogen-bond acceptors (Lipinski definition) is 2. The first kappa shape index (κ1) is 14.0. The Morgan fingerprint density at radius 1 is 1.25 bits per heavy atom. The number of nitrogens with one attached hydrogen (secondary N) is 2. The average Bonchev–Trinajstić information content (AvgIpc) is 2.84. The van der Waals surface area contributed by atoms with E-state index in [0.717, 1.165) is 25.2 Å². The van der Waals surface area contributed by atoms with Crippen LogP contribution in [0.15, 0.2) is 42.6 Å². The van der Waals surface area contributed by atoms with E-state index in [0.29, 0.717) is 5.69 Å². The van der Waals surface area contributed by atoms with Gasteiger partial charge in [0.05, 0.1) is 6.54 Å². The number of anilines is 2. The van der Waals surface area contributed by atoms with Gasteiger partial charge in [-0.3, -0.25) is 0 Å². The van der Waals surface area contributed by atoms with Crippen molar-refractivity contribution in [3.8, 4) is 0 Å². The number of primary amides is 1. The van der Waals surface area contributed by atoms with Crippen LogP contribution in [0.5, 0.6) is 0 Å². The third-order valence-corrected chi connectivity index (χ3v) is 2.99. The molecule has 1 heterocycles. The summed E-state index contributed by atoms with van der Waals surface area (Å²) in [5, 5.41) is 5.91. The summed E-state index contributed by atoms with van der Waals surface area (Å²) in [6.07, 6.45) is 3.20. The first-order valence-corrected chi connectivity index (χ1v) is 6.73. The Morgan fingerprint density at radius 2 is 2.05 bits per heavy atom. The highest BCUT2D eigenvalue weighted by Gasteiger charge is 2.01. The van der Waals surface area contributed by atoms with Crippen molar-refractivity contribution in [1.29, 1.82) is 0 Å². The molecule has 2 rings (SSSR count). The Balaban J connectivity index is 1.99. The number of rotatable bonds is 6. The minimum absolute atomic E-state index is 0.557. The van der Waals surface area contributed by atoms with E-state index >= 15 is 0 Å². The van der Waals surface area contributed by atoms with Gasteiger partial charge in [0.15, 0.2) is 0 Å². The van der Waals surface area contributed by atoms with Gasteiger partial charge in [-0.15, -0.1) is 0 Å². The number of urea groups is 1. The molecule has 0 aliphatic heterocycles. The Bertz CT molecular complexity index is 577. The monoisotopic (exact) mass is 272 g/mol. The molecule has 0 spiro atoms. The van der Waals surface area contributed by atoms with Crippen molar-refractivity contribution >= 4 is 17.4 Å². The van der Waals surface area contributed by atoms with E-state index in [1.807, 2.05) is 18.2 Å². The predicted molar refractivity (Wildman–Crippen MR) is 81.7 cm³/mol. The molecule has 1 aromatic carbocycles. The Labute approximate surface area is 118 Å². The van der Waals surface area contributed by atoms with Crippen molar-refractivity contribution in [1.82, 2.24) is 4.57 Å². The SMILES string of the molecule is CCCn1cccc1CNc1cccc(NC(N)=O)c1. The van der Waals surface area contributed by atoms with E-state index in [-0.39, 0.29) is 0 Å². The quantitative estimate of drug-likeness (QED) is 0.756. The lowest BCUT2D eigenvalue weighted by molar-refractivity contribution is 0.259. The second-order valence-electron chi connectivity index (χ2n) is 4.62. The van der Waals surface area contributed by atoms with E-state index in [9.17, 15) is 4.79 Å². The molecule has 0 saturated heterocycles. The summed E-state index contributed by atoms with van der Waals surface area (Å²) in [6.45, 7) is 3.93. The molecule has 0 aliphatic carbocycles. The molecule has 5 heteroatoms. The van der Waals surface area contributed by atoms with Gasteiger partial charge >= 0.3 is 6.03 Å². The number of nitrogens with two attached hydrogens (primary N) is 1. The molecule has 106 valence electrons. The first-order valence-electron chi connectivity index (χ1n) is 6.73. The van der Waals surface area contributed by atoms with Gasteiger partial charge in [-0.2, -0.15) is 0 Å². The molecule has 0 aliphatic rings. The van der Waals surface area contributed by atoms with Gasteiger partial charge in [0.2, 0.25) is 0 Å². The highest BCUT2D eigenvalue weighted by molar-refractivity contribution is 5.88. The Hall–Kier alpha value is -2.43. The van der Waals surface area contributed by atoms with Gasteiger partial charge in [0.1, 0.15) is 0 Å². The van der Waals surface area contributed by atoms with Crippen LogP contribution in [0.3, 0.4) is 0 Å². The normalized spacial score (nSPS) is 10.2. The smallest absolute Gasteiger partial charge is 0.316 e. The number of amides is 2. The third-order valence-electron chi connectivity index (χ3n) is 2.99. The molecule has 2 amide bonds. The maximum absolute atomic E-state index is 10.8. The van der Waals surface area contributed by atoms with Crippen molar-refractivity contribution in [2.45, 2.75) is 26.4 Å². The summed E-state index contributed by atoms with van der Waals surface area (Å²) < 4.78 is 2.23. The summed E-state index contributed by atoms with van der Waals surface area (Å²) in [7, 11) is 0. The largest absolute Gasteiger partial charge is 0.379 e. The maximum Gasteiger partial charge on any atom is 0.316 e. The fraction of sp³-hybridized carbons (Fsp3) is 0.267. The van der Waals surface area contributed by atoms with E-state index in [1.165, 1.54) is 5.69 Å². The Kier molecular flexibility index (Phi) is 4.65. The van der Waals surface area contributed by atoms with Gasteiger partial charge in [-0.05, 0) is 36.8 Å². The first-order chi connectivity index (χ1) is 9.69. The molecule has 0 radical (unpaired) electrons. The van der Waals surface area contributed by atoms with Gasteiger partial charge < -0.3 is 20.9 Å². The van der Waals surface area contributed by atoms with Crippen LogP contribution < -0.4 is 16.4 Å². The van der Waals surface area contributed by atoms with Crippen LogP contribution in [-0.2, 0) is 13.1 Å². The number of aryl methyl sites for hydroxylation is 1. The zero-order valence-electron chi connectivity index (χ0n) is 11.6. The van der Waals surface area contributed by atoms with Crippen molar-refractivity contribution in [2.75, 3.05) is 10.6 Å². The summed E-state index contributed by atoms with van der Waals surface area (Å²) in [5.74, 6) is 0. The second kappa shape index (κ2) is 6.65. The summed E-state index contributed by atoms with van der Waals surface area (Å²) >= 11 is 0. The van der Waals surface area contributed by atoms with Gasteiger partial charge in [-0.25, -0.2) is 4.79 Å². The molecule has 0 atom stereocenters. The third kappa shape index (κ3) is 3.78. The summed E-state index contributed by atoms with van der Waals surface area (Å²) in [6, 6.07) is 11.1. The van der Waals surface area contributed by atoms with Crippen LogP contribution in [0.25, 0.3) is 0 Å². The summed E-state index contributed by atoms with van der Waals surface area (Å²) in [5.41, 5.74) is 7.97. The standard InChI is InChI=1S/C15H20N4O/c1-2-8-19-9-4-7-14(19)11-17-12-5-3-6-13(10-12)18-15(16)20/h3-7,9-10,17H,2,8,11H2,1H3,(H3,16,18,20). The molecule has 20 heavy (non-hydrogen) atoms. The van der Waals surface area contributed by atoms with Crippen LogP contribution in [0, 0.1) is 0 Å². The van der Waals surface area contributed by atoms with E-state index in [4.69, 9.17) is 5.73 Å². The zero-order chi connectivity index (χ0) is 14.4. The number of carbonyl (C=O) groups excluding carboxylic acids is 1. The number of aromatic nitrogens is 1. The van der Waals surface area contributed by atoms with Crippen molar-refractivity contribution in [2.24, 2.45) is 5.73 Å². The number of nitrogens with zero attached hydrogens (tertiary/aromatic N) is 1. The van der Waals surface area contributed by atoms with Crippen molar-refractivity contribution in [3.05, 3.63) is 48.3 Å². The van der Waals surface area contributed by atoms with Crippen LogP contribution in [0.1, 0.15) is 19.0 Å². The minimum Gasteiger partial charge on any atom is -0.379 e. The lowest BCUT2D eigenvalue weighted by atomic mass is 10.2. The topological polar surface area (TPSA) is 72.1 Å². The molecule has 5 nitrogen and oxygen atoms in total. The van der Waals surface area contributed by atoms with Crippen LogP contribution in [0.2, 0.25) is 0 Å².